The maximum atomic E-state index is 12.2. The molecule has 1 aliphatic carbocycles. The van der Waals surface area contributed by atoms with Crippen LogP contribution in [0.2, 0.25) is 0 Å². The van der Waals surface area contributed by atoms with E-state index in [9.17, 15) is 4.79 Å². The number of carbonyl (C=O) groups is 1. The van der Waals surface area contributed by atoms with E-state index >= 15 is 0 Å². The van der Waals surface area contributed by atoms with E-state index in [0.29, 0.717) is 17.6 Å². The molecule has 1 aliphatic heterocycles. The fourth-order valence-electron chi connectivity index (χ4n) is 3.62. The highest BCUT2D eigenvalue weighted by Gasteiger charge is 2.35. The third-order valence-electron chi connectivity index (χ3n) is 4.73. The van der Waals surface area contributed by atoms with Crippen LogP contribution in [0.5, 0.6) is 0 Å². The average Bonchev–Trinajstić information content (AvgIpc) is 2.49. The van der Waals surface area contributed by atoms with Gasteiger partial charge in [-0.2, -0.15) is 0 Å². The third kappa shape index (κ3) is 2.89. The van der Waals surface area contributed by atoms with Gasteiger partial charge in [-0.1, -0.05) is 30.3 Å². The van der Waals surface area contributed by atoms with Gasteiger partial charge in [0.25, 0.3) is 0 Å². The molecule has 0 N–H and O–H groups in total. The Morgan fingerprint density at radius 2 is 1.95 bits per heavy atom. The van der Waals surface area contributed by atoms with Crippen molar-refractivity contribution in [3.63, 3.8) is 0 Å². The third-order valence-corrected chi connectivity index (χ3v) is 4.73. The molecule has 0 bridgehead atoms. The zero-order valence-corrected chi connectivity index (χ0v) is 11.4. The Bertz CT molecular complexity index is 420. The Kier molecular flexibility index (Phi) is 3.97. The predicted octanol–water partition coefficient (Wildman–Crippen LogP) is 3.57. The normalized spacial score (nSPS) is 32.2. The first kappa shape index (κ1) is 12.9. The summed E-state index contributed by atoms with van der Waals surface area (Å²) in [6.45, 7) is 1.66. The number of benzene rings is 1. The second-order valence-electron chi connectivity index (χ2n) is 5.93. The van der Waals surface area contributed by atoms with Crippen molar-refractivity contribution in [1.82, 2.24) is 0 Å². The molecule has 1 heterocycles. The van der Waals surface area contributed by atoms with Crippen LogP contribution in [0.3, 0.4) is 0 Å². The monoisotopic (exact) mass is 258 g/mol. The largest absolute Gasteiger partial charge is 0.381 e. The van der Waals surface area contributed by atoms with Crippen molar-refractivity contribution >= 4 is 5.78 Å². The standard InChI is InChI=1S/C17H22O2/c18-17-9-8-14(13-5-2-1-3-6-13)11-16(17)15-7-4-10-19-12-15/h1-3,5-6,14-16H,4,7-12H2. The molecule has 2 aliphatic rings. The van der Waals surface area contributed by atoms with Gasteiger partial charge in [-0.3, -0.25) is 4.79 Å². The fourth-order valence-corrected chi connectivity index (χ4v) is 3.62. The van der Waals surface area contributed by atoms with Gasteiger partial charge in [0, 0.05) is 18.9 Å². The lowest BCUT2D eigenvalue weighted by molar-refractivity contribution is -0.129. The molecule has 1 aromatic rings. The SMILES string of the molecule is O=C1CCC(c2ccccc2)CC1C1CCCOC1. The van der Waals surface area contributed by atoms with E-state index < -0.39 is 0 Å². The van der Waals surface area contributed by atoms with E-state index in [-0.39, 0.29) is 5.92 Å². The van der Waals surface area contributed by atoms with Crippen LogP contribution in [0, 0.1) is 11.8 Å². The fraction of sp³-hybridized carbons (Fsp3) is 0.588. The molecular weight excluding hydrogens is 236 g/mol. The van der Waals surface area contributed by atoms with Gasteiger partial charge < -0.3 is 4.74 Å². The van der Waals surface area contributed by atoms with Crippen LogP contribution >= 0.6 is 0 Å². The van der Waals surface area contributed by atoms with Crippen LogP contribution in [0.1, 0.15) is 43.6 Å². The summed E-state index contributed by atoms with van der Waals surface area (Å²) in [7, 11) is 0. The van der Waals surface area contributed by atoms with E-state index in [1.807, 2.05) is 0 Å². The molecule has 2 fully saturated rings. The molecule has 1 saturated carbocycles. The zero-order valence-electron chi connectivity index (χ0n) is 11.4. The Hall–Kier alpha value is -1.15. The molecule has 3 rings (SSSR count). The number of hydrogen-bond donors (Lipinski definition) is 0. The minimum Gasteiger partial charge on any atom is -0.381 e. The van der Waals surface area contributed by atoms with Crippen molar-refractivity contribution < 1.29 is 9.53 Å². The van der Waals surface area contributed by atoms with Gasteiger partial charge in [0.15, 0.2) is 0 Å². The summed E-state index contributed by atoms with van der Waals surface area (Å²) >= 11 is 0. The highest BCUT2D eigenvalue weighted by atomic mass is 16.5. The lowest BCUT2D eigenvalue weighted by Gasteiger charge is -2.35. The van der Waals surface area contributed by atoms with Crippen molar-refractivity contribution in [3.05, 3.63) is 35.9 Å². The van der Waals surface area contributed by atoms with Gasteiger partial charge in [0.1, 0.15) is 5.78 Å². The molecule has 0 spiro atoms. The van der Waals surface area contributed by atoms with Crippen LogP contribution in [-0.4, -0.2) is 19.0 Å². The molecule has 1 saturated heterocycles. The van der Waals surface area contributed by atoms with Crippen molar-refractivity contribution in [1.29, 1.82) is 0 Å². The number of hydrogen-bond acceptors (Lipinski definition) is 2. The zero-order chi connectivity index (χ0) is 13.1. The summed E-state index contributed by atoms with van der Waals surface area (Å²) in [6.07, 6.45) is 5.08. The Morgan fingerprint density at radius 1 is 1.11 bits per heavy atom. The Morgan fingerprint density at radius 3 is 2.68 bits per heavy atom. The first-order chi connectivity index (χ1) is 9.34. The minimum atomic E-state index is 0.235. The van der Waals surface area contributed by atoms with Crippen LogP contribution in [0.4, 0.5) is 0 Å². The Balaban J connectivity index is 1.71. The summed E-state index contributed by atoms with van der Waals surface area (Å²) in [5, 5.41) is 0. The van der Waals surface area contributed by atoms with E-state index in [2.05, 4.69) is 30.3 Å². The molecule has 1 aromatic carbocycles. The first-order valence-corrected chi connectivity index (χ1v) is 7.50. The predicted molar refractivity (Wildman–Crippen MR) is 75.1 cm³/mol. The second kappa shape index (κ2) is 5.87. The summed E-state index contributed by atoms with van der Waals surface area (Å²) in [5.74, 6) is 1.74. The quantitative estimate of drug-likeness (QED) is 0.810. The summed E-state index contributed by atoms with van der Waals surface area (Å²) < 4.78 is 5.57. The van der Waals surface area contributed by atoms with Gasteiger partial charge >= 0.3 is 0 Å². The summed E-state index contributed by atoms with van der Waals surface area (Å²) in [4.78, 5) is 12.2. The van der Waals surface area contributed by atoms with Gasteiger partial charge in [0.05, 0.1) is 6.61 Å². The number of carbonyl (C=O) groups excluding carboxylic acids is 1. The van der Waals surface area contributed by atoms with Crippen molar-refractivity contribution in [2.45, 2.75) is 38.0 Å². The molecule has 0 aromatic heterocycles. The molecule has 2 nitrogen and oxygen atoms in total. The molecule has 19 heavy (non-hydrogen) atoms. The molecule has 3 atom stereocenters. The molecular formula is C17H22O2. The average molecular weight is 258 g/mol. The van der Waals surface area contributed by atoms with Gasteiger partial charge in [0.2, 0.25) is 0 Å². The summed E-state index contributed by atoms with van der Waals surface area (Å²) in [5.41, 5.74) is 1.40. The van der Waals surface area contributed by atoms with Gasteiger partial charge in [-0.15, -0.1) is 0 Å². The smallest absolute Gasteiger partial charge is 0.136 e. The van der Waals surface area contributed by atoms with E-state index in [4.69, 9.17) is 4.74 Å². The maximum Gasteiger partial charge on any atom is 0.136 e. The molecule has 102 valence electrons. The molecule has 3 unspecified atom stereocenters. The molecule has 2 heteroatoms. The number of Topliss-reactive ketones (excluding diaryl/α,β-unsaturated/α-hetero) is 1. The van der Waals surface area contributed by atoms with Crippen molar-refractivity contribution in [2.75, 3.05) is 13.2 Å². The van der Waals surface area contributed by atoms with Crippen LogP contribution < -0.4 is 0 Å². The topological polar surface area (TPSA) is 26.3 Å². The van der Waals surface area contributed by atoms with Crippen LogP contribution in [0.15, 0.2) is 30.3 Å². The van der Waals surface area contributed by atoms with E-state index in [1.165, 1.54) is 5.56 Å². The number of rotatable bonds is 2. The van der Waals surface area contributed by atoms with E-state index in [0.717, 1.165) is 45.3 Å². The highest BCUT2D eigenvalue weighted by molar-refractivity contribution is 5.82. The minimum absolute atomic E-state index is 0.235. The lowest BCUT2D eigenvalue weighted by atomic mass is 9.71. The lowest BCUT2D eigenvalue weighted by Crippen LogP contribution is -2.34. The van der Waals surface area contributed by atoms with Crippen molar-refractivity contribution in [2.24, 2.45) is 11.8 Å². The first-order valence-electron chi connectivity index (χ1n) is 7.50. The number of ketones is 1. The van der Waals surface area contributed by atoms with Gasteiger partial charge in [-0.05, 0) is 43.1 Å². The molecule has 0 radical (unpaired) electrons. The number of ether oxygens (including phenoxy) is 1. The van der Waals surface area contributed by atoms with E-state index in [1.54, 1.807) is 0 Å². The Labute approximate surface area is 115 Å². The second-order valence-corrected chi connectivity index (χ2v) is 5.93. The highest BCUT2D eigenvalue weighted by Crippen LogP contribution is 2.39. The summed E-state index contributed by atoms with van der Waals surface area (Å²) in [6, 6.07) is 10.7. The maximum absolute atomic E-state index is 12.2. The van der Waals surface area contributed by atoms with Gasteiger partial charge in [-0.25, -0.2) is 0 Å². The van der Waals surface area contributed by atoms with Crippen molar-refractivity contribution in [3.8, 4) is 0 Å². The van der Waals surface area contributed by atoms with Crippen LogP contribution in [0.25, 0.3) is 0 Å². The molecule has 0 amide bonds. The van der Waals surface area contributed by atoms with Crippen LogP contribution in [-0.2, 0) is 9.53 Å².